The molecule has 0 aliphatic rings. The molecule has 7 nitrogen and oxygen atoms in total. The van der Waals surface area contributed by atoms with Gasteiger partial charge in [-0.15, -0.1) is 0 Å². The molecular formula is C19H15N5O2. The van der Waals surface area contributed by atoms with E-state index in [9.17, 15) is 10.1 Å². The van der Waals surface area contributed by atoms with Crippen LogP contribution in [-0.4, -0.2) is 19.5 Å². The number of nitro benzene ring substituents is 1. The Labute approximate surface area is 149 Å². The number of pyridine rings is 1. The van der Waals surface area contributed by atoms with Crippen LogP contribution in [0.5, 0.6) is 0 Å². The molecule has 1 N–H and O–H groups in total. The summed E-state index contributed by atoms with van der Waals surface area (Å²) in [7, 11) is 0. The molecule has 4 aromatic rings. The first-order valence-corrected chi connectivity index (χ1v) is 8.07. The molecule has 0 atom stereocenters. The summed E-state index contributed by atoms with van der Waals surface area (Å²) in [5.74, 6) is 0.771. The third-order valence-corrected chi connectivity index (χ3v) is 4.09. The monoisotopic (exact) mass is 345 g/mol. The van der Waals surface area contributed by atoms with E-state index >= 15 is 0 Å². The Hall–Kier alpha value is -3.74. The Bertz CT molecular complexity index is 1070. The molecule has 0 radical (unpaired) electrons. The van der Waals surface area contributed by atoms with Gasteiger partial charge in [-0.3, -0.25) is 14.7 Å². The van der Waals surface area contributed by atoms with Crippen LogP contribution < -0.4 is 5.32 Å². The molecule has 4 rings (SSSR count). The van der Waals surface area contributed by atoms with Crippen molar-refractivity contribution >= 4 is 22.4 Å². The Kier molecular flexibility index (Phi) is 4.03. The van der Waals surface area contributed by atoms with Crippen LogP contribution in [0.2, 0.25) is 0 Å². The van der Waals surface area contributed by atoms with Crippen LogP contribution >= 0.6 is 0 Å². The molecule has 0 aliphatic carbocycles. The summed E-state index contributed by atoms with van der Waals surface area (Å²) < 4.78 is 1.93. The van der Waals surface area contributed by atoms with E-state index in [0.29, 0.717) is 12.2 Å². The van der Waals surface area contributed by atoms with Crippen LogP contribution in [0.15, 0.2) is 73.2 Å². The summed E-state index contributed by atoms with van der Waals surface area (Å²) in [6, 6.07) is 18.3. The van der Waals surface area contributed by atoms with Crippen LogP contribution in [0.1, 0.15) is 5.56 Å². The first-order chi connectivity index (χ1) is 12.7. The zero-order valence-corrected chi connectivity index (χ0v) is 13.7. The van der Waals surface area contributed by atoms with Crippen molar-refractivity contribution in [3.8, 4) is 5.82 Å². The number of anilines is 1. The fraction of sp³-hybridized carbons (Fsp3) is 0.0526. The van der Waals surface area contributed by atoms with Gasteiger partial charge in [0.05, 0.1) is 16.0 Å². The highest BCUT2D eigenvalue weighted by atomic mass is 16.6. The molecule has 0 spiro atoms. The Morgan fingerprint density at radius 1 is 1.00 bits per heavy atom. The van der Waals surface area contributed by atoms with Gasteiger partial charge in [-0.1, -0.05) is 30.3 Å². The molecule has 7 heteroatoms. The third kappa shape index (κ3) is 2.98. The summed E-state index contributed by atoms with van der Waals surface area (Å²) in [5.41, 5.74) is 3.38. The number of rotatable bonds is 5. The van der Waals surface area contributed by atoms with E-state index < -0.39 is 4.92 Å². The summed E-state index contributed by atoms with van der Waals surface area (Å²) in [6.07, 6.45) is 3.50. The number of nitro groups is 1. The van der Waals surface area contributed by atoms with Crippen molar-refractivity contribution in [1.82, 2.24) is 14.5 Å². The minimum Gasteiger partial charge on any atom is -0.375 e. The maximum atomic E-state index is 11.1. The number of hydrogen-bond acceptors (Lipinski definition) is 5. The van der Waals surface area contributed by atoms with Crippen molar-refractivity contribution in [2.45, 2.75) is 6.54 Å². The second-order valence-corrected chi connectivity index (χ2v) is 5.76. The summed E-state index contributed by atoms with van der Waals surface area (Å²) in [4.78, 5) is 19.5. The zero-order chi connectivity index (χ0) is 17.9. The molecule has 0 saturated carbocycles. The van der Waals surface area contributed by atoms with Crippen LogP contribution in [0.25, 0.3) is 16.9 Å². The largest absolute Gasteiger partial charge is 0.375 e. The van der Waals surface area contributed by atoms with Crippen LogP contribution in [0.3, 0.4) is 0 Å². The number of nitrogens with zero attached hydrogens (tertiary/aromatic N) is 4. The molecule has 0 fully saturated rings. The molecular weight excluding hydrogens is 330 g/mol. The number of imidazole rings is 1. The van der Waals surface area contributed by atoms with E-state index in [1.807, 2.05) is 41.0 Å². The fourth-order valence-electron chi connectivity index (χ4n) is 2.79. The second-order valence-electron chi connectivity index (χ2n) is 5.76. The molecule has 26 heavy (non-hydrogen) atoms. The van der Waals surface area contributed by atoms with Gasteiger partial charge in [0.1, 0.15) is 17.8 Å². The fourth-order valence-corrected chi connectivity index (χ4v) is 2.79. The predicted octanol–water partition coefficient (Wildman–Crippen LogP) is 3.94. The van der Waals surface area contributed by atoms with Gasteiger partial charge < -0.3 is 5.32 Å². The van der Waals surface area contributed by atoms with Crippen molar-refractivity contribution in [2.24, 2.45) is 0 Å². The molecule has 0 saturated heterocycles. The quantitative estimate of drug-likeness (QED) is 0.437. The highest BCUT2D eigenvalue weighted by Crippen LogP contribution is 2.24. The maximum absolute atomic E-state index is 11.1. The number of nitrogens with one attached hydrogen (secondary N) is 1. The van der Waals surface area contributed by atoms with Crippen molar-refractivity contribution in [1.29, 1.82) is 0 Å². The smallest absolute Gasteiger partial charge is 0.292 e. The Morgan fingerprint density at radius 3 is 2.62 bits per heavy atom. The van der Waals surface area contributed by atoms with Gasteiger partial charge in [0.25, 0.3) is 5.69 Å². The average molecular weight is 345 g/mol. The van der Waals surface area contributed by atoms with Gasteiger partial charge in [0, 0.05) is 18.8 Å². The van der Waals surface area contributed by atoms with Crippen LogP contribution in [0, 0.1) is 10.1 Å². The lowest BCUT2D eigenvalue weighted by Crippen LogP contribution is -2.03. The van der Waals surface area contributed by atoms with E-state index in [4.69, 9.17) is 0 Å². The third-order valence-electron chi connectivity index (χ3n) is 4.09. The lowest BCUT2D eigenvalue weighted by molar-refractivity contribution is -0.384. The average Bonchev–Trinajstić information content (AvgIpc) is 3.11. The van der Waals surface area contributed by atoms with Gasteiger partial charge in [-0.2, -0.15) is 0 Å². The van der Waals surface area contributed by atoms with E-state index in [1.165, 1.54) is 6.07 Å². The normalized spacial score (nSPS) is 10.8. The van der Waals surface area contributed by atoms with E-state index in [0.717, 1.165) is 22.4 Å². The lowest BCUT2D eigenvalue weighted by Gasteiger charge is -2.08. The first kappa shape index (κ1) is 15.8. The van der Waals surface area contributed by atoms with Gasteiger partial charge in [0.15, 0.2) is 0 Å². The van der Waals surface area contributed by atoms with Crippen molar-refractivity contribution in [3.63, 3.8) is 0 Å². The summed E-state index contributed by atoms with van der Waals surface area (Å²) in [5, 5.41) is 14.2. The molecule has 128 valence electrons. The molecule has 0 amide bonds. The zero-order valence-electron chi connectivity index (χ0n) is 13.7. The van der Waals surface area contributed by atoms with Gasteiger partial charge in [-0.05, 0) is 29.8 Å². The SMILES string of the molecule is O=[N+]([O-])c1ccccc1NCc1ccc(-n2cnc3ccccc32)nc1. The minimum atomic E-state index is -0.395. The maximum Gasteiger partial charge on any atom is 0.292 e. The van der Waals surface area contributed by atoms with Crippen molar-refractivity contribution in [2.75, 3.05) is 5.32 Å². The summed E-state index contributed by atoms with van der Waals surface area (Å²) >= 11 is 0. The Morgan fingerprint density at radius 2 is 1.81 bits per heavy atom. The number of fused-ring (bicyclic) bond motifs is 1. The molecule has 0 unspecified atom stereocenters. The van der Waals surface area contributed by atoms with Gasteiger partial charge >= 0.3 is 0 Å². The topological polar surface area (TPSA) is 85.9 Å². The number of benzene rings is 2. The van der Waals surface area contributed by atoms with Gasteiger partial charge in [-0.25, -0.2) is 9.97 Å². The molecule has 0 aliphatic heterocycles. The predicted molar refractivity (Wildman–Crippen MR) is 99.3 cm³/mol. The molecule has 2 heterocycles. The number of aromatic nitrogens is 3. The second kappa shape index (κ2) is 6.64. The minimum absolute atomic E-state index is 0.0574. The summed E-state index contributed by atoms with van der Waals surface area (Å²) in [6.45, 7) is 0.447. The van der Waals surface area contributed by atoms with Crippen molar-refractivity contribution in [3.05, 3.63) is 88.9 Å². The van der Waals surface area contributed by atoms with E-state index in [2.05, 4.69) is 15.3 Å². The van der Waals surface area contributed by atoms with E-state index in [1.54, 1.807) is 30.7 Å². The number of para-hydroxylation sites is 4. The molecule has 0 bridgehead atoms. The Balaban J connectivity index is 1.53. The standard InChI is InChI=1S/C19H15N5O2/c25-24(26)18-8-4-2-6-16(18)20-11-14-9-10-19(21-12-14)23-13-22-15-5-1-3-7-17(15)23/h1-10,12-13,20H,11H2. The number of hydrogen-bond donors (Lipinski definition) is 1. The van der Waals surface area contributed by atoms with Crippen LogP contribution in [-0.2, 0) is 6.54 Å². The van der Waals surface area contributed by atoms with Gasteiger partial charge in [0.2, 0.25) is 0 Å². The van der Waals surface area contributed by atoms with E-state index in [-0.39, 0.29) is 5.69 Å². The molecule has 2 aromatic carbocycles. The lowest BCUT2D eigenvalue weighted by atomic mass is 10.2. The molecule has 2 aromatic heterocycles. The first-order valence-electron chi connectivity index (χ1n) is 8.07. The van der Waals surface area contributed by atoms with Crippen molar-refractivity contribution < 1.29 is 4.92 Å². The van der Waals surface area contributed by atoms with Crippen LogP contribution in [0.4, 0.5) is 11.4 Å². The highest BCUT2D eigenvalue weighted by Gasteiger charge is 2.11. The highest BCUT2D eigenvalue weighted by molar-refractivity contribution is 5.76.